The van der Waals surface area contributed by atoms with Crippen LogP contribution >= 0.6 is 12.2 Å². The topological polar surface area (TPSA) is 33.3 Å². The molecule has 1 aliphatic rings. The summed E-state index contributed by atoms with van der Waals surface area (Å²) < 4.78 is 5.24. The van der Waals surface area contributed by atoms with Gasteiger partial charge in [-0.1, -0.05) is 12.8 Å². The Morgan fingerprint density at radius 3 is 2.56 bits per heavy atom. The van der Waals surface area contributed by atoms with Crippen molar-refractivity contribution in [2.45, 2.75) is 39.0 Å². The molecular formula is C12H24N2OS. The quantitative estimate of drug-likeness (QED) is 0.480. The molecule has 0 aromatic heterocycles. The molecule has 0 radical (unpaired) electrons. The van der Waals surface area contributed by atoms with Crippen LogP contribution in [0.3, 0.4) is 0 Å². The Hall–Kier alpha value is -0.350. The predicted octanol–water partition coefficient (Wildman–Crippen LogP) is 2.07. The van der Waals surface area contributed by atoms with Crippen LogP contribution in [0.15, 0.2) is 0 Å². The maximum Gasteiger partial charge on any atom is 0.166 e. The van der Waals surface area contributed by atoms with Crippen LogP contribution < -0.4 is 10.6 Å². The molecule has 0 spiro atoms. The third-order valence-electron chi connectivity index (χ3n) is 2.73. The van der Waals surface area contributed by atoms with Gasteiger partial charge in [0.15, 0.2) is 5.11 Å². The van der Waals surface area contributed by atoms with Crippen molar-refractivity contribution in [1.82, 2.24) is 10.6 Å². The largest absolute Gasteiger partial charge is 0.382 e. The minimum absolute atomic E-state index is 0.785. The van der Waals surface area contributed by atoms with Gasteiger partial charge < -0.3 is 15.4 Å². The number of rotatable bonds is 9. The predicted molar refractivity (Wildman–Crippen MR) is 71.7 cm³/mol. The summed E-state index contributed by atoms with van der Waals surface area (Å²) in [5.74, 6) is 1.02. The summed E-state index contributed by atoms with van der Waals surface area (Å²) >= 11 is 5.16. The number of nitrogens with one attached hydrogen (secondary N) is 2. The molecule has 1 aliphatic carbocycles. The zero-order chi connectivity index (χ0) is 11.6. The van der Waals surface area contributed by atoms with E-state index in [9.17, 15) is 0 Å². The highest BCUT2D eigenvalue weighted by atomic mass is 32.1. The van der Waals surface area contributed by atoms with Crippen LogP contribution in [0, 0.1) is 5.92 Å². The fraction of sp³-hybridized carbons (Fsp3) is 0.917. The lowest BCUT2D eigenvalue weighted by atomic mass is 10.2. The summed E-state index contributed by atoms with van der Waals surface area (Å²) in [4.78, 5) is 0. The lowest BCUT2D eigenvalue weighted by Gasteiger charge is -2.10. The molecule has 4 heteroatoms. The van der Waals surface area contributed by atoms with E-state index in [1.165, 1.54) is 25.7 Å². The number of hydrogen-bond donors (Lipinski definition) is 2. The van der Waals surface area contributed by atoms with E-state index in [2.05, 4.69) is 10.6 Å². The summed E-state index contributed by atoms with van der Waals surface area (Å²) in [5, 5.41) is 7.21. The standard InChI is InChI=1S/C12H24N2OS/c1-2-15-10-4-9-14-12(16)13-8-3-5-11-6-7-11/h11H,2-10H2,1H3,(H2,13,14,16). The zero-order valence-corrected chi connectivity index (χ0v) is 11.1. The minimum Gasteiger partial charge on any atom is -0.382 e. The Morgan fingerprint density at radius 1 is 1.25 bits per heavy atom. The van der Waals surface area contributed by atoms with Crippen LogP contribution in [0.25, 0.3) is 0 Å². The average Bonchev–Trinajstić information content (AvgIpc) is 3.08. The van der Waals surface area contributed by atoms with Crippen LogP contribution in [0.2, 0.25) is 0 Å². The van der Waals surface area contributed by atoms with E-state index in [1.54, 1.807) is 0 Å². The molecule has 1 fully saturated rings. The lowest BCUT2D eigenvalue weighted by molar-refractivity contribution is 0.145. The second kappa shape index (κ2) is 8.76. The molecule has 0 saturated heterocycles. The van der Waals surface area contributed by atoms with E-state index in [0.29, 0.717) is 0 Å². The molecule has 0 unspecified atom stereocenters. The first kappa shape index (κ1) is 13.7. The monoisotopic (exact) mass is 244 g/mol. The van der Waals surface area contributed by atoms with Gasteiger partial charge in [0.05, 0.1) is 0 Å². The molecule has 0 aliphatic heterocycles. The molecule has 1 rings (SSSR count). The van der Waals surface area contributed by atoms with E-state index in [-0.39, 0.29) is 0 Å². The van der Waals surface area contributed by atoms with E-state index in [1.807, 2.05) is 6.92 Å². The van der Waals surface area contributed by atoms with Crippen molar-refractivity contribution in [3.05, 3.63) is 0 Å². The Morgan fingerprint density at radius 2 is 1.94 bits per heavy atom. The third-order valence-corrected chi connectivity index (χ3v) is 3.02. The Balaban J connectivity index is 1.78. The fourth-order valence-electron chi connectivity index (χ4n) is 1.58. The second-order valence-electron chi connectivity index (χ2n) is 4.32. The first-order valence-corrected chi connectivity index (χ1v) is 6.83. The average molecular weight is 244 g/mol. The summed E-state index contributed by atoms with van der Waals surface area (Å²) in [6.07, 6.45) is 6.50. The van der Waals surface area contributed by atoms with Crippen molar-refractivity contribution in [3.63, 3.8) is 0 Å². The van der Waals surface area contributed by atoms with Crippen molar-refractivity contribution in [2.24, 2.45) is 5.92 Å². The molecule has 0 heterocycles. The van der Waals surface area contributed by atoms with Crippen molar-refractivity contribution in [3.8, 4) is 0 Å². The molecule has 0 aromatic rings. The van der Waals surface area contributed by atoms with Crippen LogP contribution in [-0.2, 0) is 4.74 Å². The van der Waals surface area contributed by atoms with Crippen LogP contribution in [0.1, 0.15) is 39.0 Å². The van der Waals surface area contributed by atoms with Gasteiger partial charge in [-0.05, 0) is 44.3 Å². The van der Waals surface area contributed by atoms with E-state index in [0.717, 1.165) is 43.8 Å². The molecule has 2 N–H and O–H groups in total. The second-order valence-corrected chi connectivity index (χ2v) is 4.73. The first-order valence-electron chi connectivity index (χ1n) is 6.42. The van der Waals surface area contributed by atoms with Gasteiger partial charge in [0.2, 0.25) is 0 Å². The van der Waals surface area contributed by atoms with Gasteiger partial charge in [0.25, 0.3) is 0 Å². The molecule has 0 aromatic carbocycles. The highest BCUT2D eigenvalue weighted by molar-refractivity contribution is 7.80. The van der Waals surface area contributed by atoms with E-state index < -0.39 is 0 Å². The van der Waals surface area contributed by atoms with Crippen molar-refractivity contribution in [2.75, 3.05) is 26.3 Å². The minimum atomic E-state index is 0.785. The molecule has 0 bridgehead atoms. The van der Waals surface area contributed by atoms with Gasteiger partial charge in [0, 0.05) is 26.3 Å². The van der Waals surface area contributed by atoms with Crippen LogP contribution in [0.5, 0.6) is 0 Å². The normalized spacial score (nSPS) is 14.8. The summed E-state index contributed by atoms with van der Waals surface area (Å²) in [7, 11) is 0. The number of ether oxygens (including phenoxy) is 1. The molecular weight excluding hydrogens is 220 g/mol. The van der Waals surface area contributed by atoms with E-state index in [4.69, 9.17) is 17.0 Å². The SMILES string of the molecule is CCOCCCNC(=S)NCCCC1CC1. The molecule has 3 nitrogen and oxygen atoms in total. The van der Waals surface area contributed by atoms with Gasteiger partial charge in [-0.15, -0.1) is 0 Å². The van der Waals surface area contributed by atoms with E-state index >= 15 is 0 Å². The lowest BCUT2D eigenvalue weighted by Crippen LogP contribution is -2.36. The summed E-state index contributed by atoms with van der Waals surface area (Å²) in [5.41, 5.74) is 0. The van der Waals surface area contributed by atoms with Gasteiger partial charge >= 0.3 is 0 Å². The Kier molecular flexibility index (Phi) is 7.51. The highest BCUT2D eigenvalue weighted by Crippen LogP contribution is 2.33. The highest BCUT2D eigenvalue weighted by Gasteiger charge is 2.19. The van der Waals surface area contributed by atoms with Gasteiger partial charge in [-0.25, -0.2) is 0 Å². The first-order chi connectivity index (χ1) is 7.83. The van der Waals surface area contributed by atoms with Gasteiger partial charge in [-0.3, -0.25) is 0 Å². The maximum absolute atomic E-state index is 5.24. The fourth-order valence-corrected chi connectivity index (χ4v) is 1.79. The molecule has 16 heavy (non-hydrogen) atoms. The smallest absolute Gasteiger partial charge is 0.166 e. The van der Waals surface area contributed by atoms with Crippen molar-refractivity contribution < 1.29 is 4.74 Å². The Bertz CT molecular complexity index is 195. The zero-order valence-electron chi connectivity index (χ0n) is 10.3. The molecule has 94 valence electrons. The summed E-state index contributed by atoms with van der Waals surface area (Å²) in [6, 6.07) is 0. The Labute approximate surface area is 104 Å². The van der Waals surface area contributed by atoms with Gasteiger partial charge in [-0.2, -0.15) is 0 Å². The maximum atomic E-state index is 5.24. The van der Waals surface area contributed by atoms with Crippen LogP contribution in [0.4, 0.5) is 0 Å². The van der Waals surface area contributed by atoms with Gasteiger partial charge in [0.1, 0.15) is 0 Å². The van der Waals surface area contributed by atoms with Crippen molar-refractivity contribution >= 4 is 17.3 Å². The molecule has 0 amide bonds. The molecule has 0 atom stereocenters. The third kappa shape index (κ3) is 7.88. The van der Waals surface area contributed by atoms with Crippen molar-refractivity contribution in [1.29, 1.82) is 0 Å². The number of thiocarbonyl (C=S) groups is 1. The summed E-state index contributed by atoms with van der Waals surface area (Å²) in [6.45, 7) is 5.53. The molecule has 1 saturated carbocycles. The number of hydrogen-bond acceptors (Lipinski definition) is 2. The van der Waals surface area contributed by atoms with Crippen LogP contribution in [-0.4, -0.2) is 31.4 Å².